The van der Waals surface area contributed by atoms with Crippen molar-refractivity contribution in [1.82, 2.24) is 10.6 Å². The van der Waals surface area contributed by atoms with Crippen LogP contribution >= 0.6 is 0 Å². The van der Waals surface area contributed by atoms with Gasteiger partial charge in [-0.3, -0.25) is 0 Å². The third-order valence-electron chi connectivity index (χ3n) is 2.74. The largest absolute Gasteiger partial charge is 0.479 e. The van der Waals surface area contributed by atoms with Crippen molar-refractivity contribution in [1.29, 1.82) is 0 Å². The van der Waals surface area contributed by atoms with Gasteiger partial charge in [0.15, 0.2) is 5.54 Å². The third-order valence-corrected chi connectivity index (χ3v) is 2.74. The number of carbonyl (C=O) groups is 2. The van der Waals surface area contributed by atoms with Crippen molar-refractivity contribution in [3.05, 3.63) is 0 Å². The molecule has 0 aliphatic carbocycles. The van der Waals surface area contributed by atoms with Crippen LogP contribution in [-0.2, 0) is 14.3 Å². The molecule has 1 aliphatic heterocycles. The normalized spacial score (nSPS) is 25.3. The second kappa shape index (κ2) is 5.83. The van der Waals surface area contributed by atoms with Gasteiger partial charge in [0, 0.05) is 26.7 Å². The highest BCUT2D eigenvalue weighted by Crippen LogP contribution is 2.18. The first-order chi connectivity index (χ1) is 8.00. The van der Waals surface area contributed by atoms with Crippen molar-refractivity contribution in [2.24, 2.45) is 0 Å². The fourth-order valence-electron chi connectivity index (χ4n) is 1.47. The Morgan fingerprint density at radius 1 is 1.59 bits per heavy atom. The second-order valence-electron chi connectivity index (χ2n) is 4.07. The maximum absolute atomic E-state index is 11.5. The van der Waals surface area contributed by atoms with Crippen LogP contribution in [0.4, 0.5) is 4.79 Å². The molecule has 1 aliphatic rings. The van der Waals surface area contributed by atoms with Crippen LogP contribution in [0.2, 0.25) is 0 Å². The average Bonchev–Trinajstić information content (AvgIpc) is 2.75. The molecule has 0 saturated carbocycles. The minimum atomic E-state index is -1.31. The number of carboxylic acid groups (broad SMARTS) is 1. The van der Waals surface area contributed by atoms with Crippen LogP contribution in [0.25, 0.3) is 0 Å². The molecule has 0 aromatic rings. The van der Waals surface area contributed by atoms with E-state index >= 15 is 0 Å². The smallest absolute Gasteiger partial charge is 0.332 e. The van der Waals surface area contributed by atoms with Gasteiger partial charge >= 0.3 is 12.0 Å². The van der Waals surface area contributed by atoms with Crippen LogP contribution in [0, 0.1) is 0 Å². The van der Waals surface area contributed by atoms with Gasteiger partial charge < -0.3 is 25.2 Å². The standard InChI is InChI=1S/C10H18N2O5/c1-7(16-2)5-11-9(15)12-10(8(13)14)3-4-17-6-10/h7H,3-6H2,1-2H3,(H,13,14)(H2,11,12,15). The van der Waals surface area contributed by atoms with Crippen LogP contribution in [0.15, 0.2) is 0 Å². The summed E-state index contributed by atoms with van der Waals surface area (Å²) in [7, 11) is 1.54. The number of amides is 2. The third kappa shape index (κ3) is 3.57. The molecule has 2 amide bonds. The number of rotatable bonds is 5. The molecule has 1 fully saturated rings. The number of urea groups is 1. The summed E-state index contributed by atoms with van der Waals surface area (Å²) in [4.78, 5) is 22.6. The average molecular weight is 246 g/mol. The Balaban J connectivity index is 2.45. The topological polar surface area (TPSA) is 96.9 Å². The van der Waals surface area contributed by atoms with E-state index in [1.54, 1.807) is 6.92 Å². The lowest BCUT2D eigenvalue weighted by atomic mass is 9.99. The molecule has 1 heterocycles. The van der Waals surface area contributed by atoms with Crippen molar-refractivity contribution < 1.29 is 24.2 Å². The van der Waals surface area contributed by atoms with Gasteiger partial charge in [0.2, 0.25) is 0 Å². The van der Waals surface area contributed by atoms with Crippen molar-refractivity contribution in [2.75, 3.05) is 26.9 Å². The number of hydrogen-bond donors (Lipinski definition) is 3. The van der Waals surface area contributed by atoms with Crippen LogP contribution in [0.3, 0.4) is 0 Å². The molecule has 7 nitrogen and oxygen atoms in total. The Morgan fingerprint density at radius 2 is 2.29 bits per heavy atom. The van der Waals surface area contributed by atoms with Gasteiger partial charge in [-0.15, -0.1) is 0 Å². The molecule has 3 N–H and O–H groups in total. The number of methoxy groups -OCH3 is 1. The molecule has 98 valence electrons. The van der Waals surface area contributed by atoms with E-state index in [1.807, 2.05) is 0 Å². The molecule has 0 spiro atoms. The Morgan fingerprint density at radius 3 is 2.76 bits per heavy atom. The zero-order chi connectivity index (χ0) is 12.9. The SMILES string of the molecule is COC(C)CNC(=O)NC1(C(=O)O)CCOC1. The summed E-state index contributed by atoms with van der Waals surface area (Å²) in [6, 6.07) is -0.526. The zero-order valence-electron chi connectivity index (χ0n) is 9.99. The van der Waals surface area contributed by atoms with E-state index in [1.165, 1.54) is 7.11 Å². The second-order valence-corrected chi connectivity index (χ2v) is 4.07. The number of hydrogen-bond acceptors (Lipinski definition) is 4. The van der Waals surface area contributed by atoms with Gasteiger partial charge in [0.05, 0.1) is 12.7 Å². The molecular weight excluding hydrogens is 228 g/mol. The van der Waals surface area contributed by atoms with E-state index in [-0.39, 0.29) is 19.1 Å². The van der Waals surface area contributed by atoms with Crippen molar-refractivity contribution in [3.63, 3.8) is 0 Å². The Labute approximate surface area is 99.5 Å². The summed E-state index contributed by atoms with van der Waals surface area (Å²) in [5.74, 6) is -1.08. The predicted molar refractivity (Wildman–Crippen MR) is 58.8 cm³/mol. The molecule has 0 aromatic carbocycles. The van der Waals surface area contributed by atoms with Gasteiger partial charge in [-0.2, -0.15) is 0 Å². The highest BCUT2D eigenvalue weighted by atomic mass is 16.5. The van der Waals surface area contributed by atoms with Gasteiger partial charge in [-0.1, -0.05) is 0 Å². The number of ether oxygens (including phenoxy) is 2. The van der Waals surface area contributed by atoms with Crippen LogP contribution in [0.5, 0.6) is 0 Å². The summed E-state index contributed by atoms with van der Waals surface area (Å²) in [6.07, 6.45) is 0.150. The monoisotopic (exact) mass is 246 g/mol. The molecule has 17 heavy (non-hydrogen) atoms. The number of aliphatic carboxylic acids is 1. The van der Waals surface area contributed by atoms with Crippen molar-refractivity contribution in [2.45, 2.75) is 25.0 Å². The molecule has 0 bridgehead atoms. The maximum atomic E-state index is 11.5. The van der Waals surface area contributed by atoms with Gasteiger partial charge in [-0.25, -0.2) is 9.59 Å². The van der Waals surface area contributed by atoms with E-state index in [0.29, 0.717) is 13.2 Å². The minimum absolute atomic E-state index is 0.00438. The zero-order valence-corrected chi connectivity index (χ0v) is 9.99. The predicted octanol–water partition coefficient (Wildman–Crippen LogP) is -0.436. The highest BCUT2D eigenvalue weighted by Gasteiger charge is 2.43. The molecule has 0 aromatic heterocycles. The summed E-state index contributed by atoms with van der Waals surface area (Å²) in [5, 5.41) is 14.1. The minimum Gasteiger partial charge on any atom is -0.479 e. The molecule has 7 heteroatoms. The lowest BCUT2D eigenvalue weighted by Gasteiger charge is -2.24. The first-order valence-electron chi connectivity index (χ1n) is 5.40. The van der Waals surface area contributed by atoms with E-state index in [2.05, 4.69) is 10.6 Å². The summed E-state index contributed by atoms with van der Waals surface area (Å²) in [5.41, 5.74) is -1.31. The first-order valence-corrected chi connectivity index (χ1v) is 5.40. The number of carboxylic acids is 1. The number of carbonyl (C=O) groups excluding carboxylic acids is 1. The van der Waals surface area contributed by atoms with Crippen molar-refractivity contribution >= 4 is 12.0 Å². The lowest BCUT2D eigenvalue weighted by Crippen LogP contribution is -2.58. The summed E-state index contributed by atoms with van der Waals surface area (Å²) >= 11 is 0. The highest BCUT2D eigenvalue weighted by molar-refractivity contribution is 5.86. The Bertz CT molecular complexity index is 288. The summed E-state index contributed by atoms with van der Waals surface area (Å²) in [6.45, 7) is 2.45. The molecular formula is C10H18N2O5. The van der Waals surface area contributed by atoms with Crippen molar-refractivity contribution in [3.8, 4) is 0 Å². The fourth-order valence-corrected chi connectivity index (χ4v) is 1.47. The summed E-state index contributed by atoms with van der Waals surface area (Å²) < 4.78 is 9.98. The molecule has 1 rings (SSSR count). The van der Waals surface area contributed by atoms with Crippen LogP contribution in [-0.4, -0.2) is 55.6 Å². The van der Waals surface area contributed by atoms with Gasteiger partial charge in [-0.05, 0) is 6.92 Å². The lowest BCUT2D eigenvalue weighted by molar-refractivity contribution is -0.144. The van der Waals surface area contributed by atoms with E-state index in [4.69, 9.17) is 14.6 Å². The van der Waals surface area contributed by atoms with Crippen LogP contribution < -0.4 is 10.6 Å². The van der Waals surface area contributed by atoms with Crippen LogP contribution in [0.1, 0.15) is 13.3 Å². The fraction of sp³-hybridized carbons (Fsp3) is 0.800. The van der Waals surface area contributed by atoms with E-state index in [0.717, 1.165) is 0 Å². The molecule has 0 radical (unpaired) electrons. The first kappa shape index (κ1) is 13.7. The Kier molecular flexibility index (Phi) is 4.71. The molecule has 2 unspecified atom stereocenters. The van der Waals surface area contributed by atoms with Gasteiger partial charge in [0.1, 0.15) is 0 Å². The van der Waals surface area contributed by atoms with E-state index in [9.17, 15) is 9.59 Å². The van der Waals surface area contributed by atoms with Gasteiger partial charge in [0.25, 0.3) is 0 Å². The number of nitrogens with one attached hydrogen (secondary N) is 2. The molecule has 1 saturated heterocycles. The maximum Gasteiger partial charge on any atom is 0.332 e. The Hall–Kier alpha value is -1.34. The van der Waals surface area contributed by atoms with E-state index < -0.39 is 17.5 Å². The quantitative estimate of drug-likeness (QED) is 0.611. The molecule has 2 atom stereocenters.